The smallest absolute Gasteiger partial charge is 0.193 e. The van der Waals surface area contributed by atoms with Crippen LogP contribution in [0.2, 0.25) is 0 Å². The van der Waals surface area contributed by atoms with Crippen LogP contribution in [0, 0.1) is 0 Å². The van der Waals surface area contributed by atoms with Gasteiger partial charge in [-0.15, -0.1) is 0 Å². The van der Waals surface area contributed by atoms with Crippen LogP contribution in [0.15, 0.2) is 35.3 Å². The molecule has 1 unspecified atom stereocenters. The first-order valence-corrected chi connectivity index (χ1v) is 10.6. The van der Waals surface area contributed by atoms with Gasteiger partial charge >= 0.3 is 0 Å². The van der Waals surface area contributed by atoms with E-state index >= 15 is 0 Å². The molecule has 0 aliphatic carbocycles. The van der Waals surface area contributed by atoms with Crippen molar-refractivity contribution in [3.8, 4) is 0 Å². The monoisotopic (exact) mass is 388 g/mol. The van der Waals surface area contributed by atoms with Gasteiger partial charge in [-0.25, -0.2) is 0 Å². The van der Waals surface area contributed by atoms with Crippen molar-refractivity contribution in [1.29, 1.82) is 0 Å². The summed E-state index contributed by atoms with van der Waals surface area (Å²) in [4.78, 5) is 9.51. The van der Waals surface area contributed by atoms with Crippen LogP contribution in [-0.4, -0.2) is 81.5 Å². The third-order valence-electron chi connectivity index (χ3n) is 6.24. The molecule has 2 heterocycles. The second-order valence-electron chi connectivity index (χ2n) is 7.76. The summed E-state index contributed by atoms with van der Waals surface area (Å²) < 4.78 is 11.4. The Morgan fingerprint density at radius 1 is 1.18 bits per heavy atom. The van der Waals surface area contributed by atoms with Crippen LogP contribution in [0.5, 0.6) is 0 Å². The van der Waals surface area contributed by atoms with Crippen molar-refractivity contribution < 1.29 is 9.47 Å². The van der Waals surface area contributed by atoms with Crippen molar-refractivity contribution >= 4 is 5.96 Å². The van der Waals surface area contributed by atoms with E-state index in [1.807, 2.05) is 14.2 Å². The maximum atomic E-state index is 5.85. The number of benzene rings is 1. The zero-order valence-corrected chi connectivity index (χ0v) is 17.7. The second-order valence-corrected chi connectivity index (χ2v) is 7.76. The molecular formula is C22H36N4O2. The molecule has 0 aromatic heterocycles. The van der Waals surface area contributed by atoms with Crippen LogP contribution in [-0.2, 0) is 9.47 Å². The molecule has 2 fully saturated rings. The van der Waals surface area contributed by atoms with Crippen molar-refractivity contribution in [3.63, 3.8) is 0 Å². The van der Waals surface area contributed by atoms with Crippen LogP contribution >= 0.6 is 0 Å². The molecule has 0 radical (unpaired) electrons. The number of hydrogen-bond acceptors (Lipinski definition) is 4. The molecule has 0 spiro atoms. The lowest BCUT2D eigenvalue weighted by Crippen LogP contribution is -2.56. The molecule has 0 amide bonds. The first-order valence-electron chi connectivity index (χ1n) is 10.6. The Balaban J connectivity index is 1.54. The molecule has 156 valence electrons. The van der Waals surface area contributed by atoms with Crippen LogP contribution in [0.4, 0.5) is 0 Å². The number of hydrogen-bond donors (Lipinski definition) is 1. The average molecular weight is 389 g/mol. The molecule has 6 nitrogen and oxygen atoms in total. The summed E-state index contributed by atoms with van der Waals surface area (Å²) in [5.41, 5.74) is 1.28. The van der Waals surface area contributed by atoms with Gasteiger partial charge in [0.15, 0.2) is 5.96 Å². The Bertz CT molecular complexity index is 608. The topological polar surface area (TPSA) is 49.3 Å². The molecule has 28 heavy (non-hydrogen) atoms. The predicted molar refractivity (Wildman–Crippen MR) is 114 cm³/mol. The van der Waals surface area contributed by atoms with Crippen LogP contribution in [0.25, 0.3) is 0 Å². The highest BCUT2D eigenvalue weighted by molar-refractivity contribution is 5.80. The van der Waals surface area contributed by atoms with Gasteiger partial charge in [0.2, 0.25) is 0 Å². The van der Waals surface area contributed by atoms with Gasteiger partial charge in [0.1, 0.15) is 0 Å². The van der Waals surface area contributed by atoms with E-state index in [9.17, 15) is 0 Å². The van der Waals surface area contributed by atoms with Crippen molar-refractivity contribution in [2.75, 3.05) is 60.1 Å². The van der Waals surface area contributed by atoms with Gasteiger partial charge in [-0.3, -0.25) is 9.89 Å². The largest absolute Gasteiger partial charge is 0.381 e. The van der Waals surface area contributed by atoms with Crippen molar-refractivity contribution in [1.82, 2.24) is 15.1 Å². The first kappa shape index (κ1) is 21.1. The van der Waals surface area contributed by atoms with E-state index < -0.39 is 0 Å². The van der Waals surface area contributed by atoms with E-state index in [2.05, 4.69) is 57.4 Å². The number of nitrogens with one attached hydrogen (secondary N) is 1. The highest BCUT2D eigenvalue weighted by atomic mass is 16.5. The number of nitrogens with zero attached hydrogens (tertiary/aromatic N) is 3. The summed E-state index contributed by atoms with van der Waals surface area (Å²) in [6, 6.07) is 11.4. The van der Waals surface area contributed by atoms with Gasteiger partial charge in [-0.1, -0.05) is 37.3 Å². The Labute approximate surface area is 169 Å². The molecule has 1 N–H and O–H groups in total. The molecule has 3 rings (SSSR count). The first-order chi connectivity index (χ1) is 13.7. The molecule has 2 saturated heterocycles. The number of ether oxygens (including phenoxy) is 2. The zero-order valence-electron chi connectivity index (χ0n) is 17.7. The molecule has 2 aliphatic rings. The van der Waals surface area contributed by atoms with E-state index in [0.29, 0.717) is 6.04 Å². The summed E-state index contributed by atoms with van der Waals surface area (Å²) in [6.07, 6.45) is 2.99. The van der Waals surface area contributed by atoms with Crippen molar-refractivity contribution in [2.45, 2.75) is 37.8 Å². The fraction of sp³-hybridized carbons (Fsp3) is 0.682. The minimum Gasteiger partial charge on any atom is -0.381 e. The zero-order chi connectivity index (χ0) is 19.8. The van der Waals surface area contributed by atoms with Crippen LogP contribution in [0.1, 0.15) is 37.8 Å². The fourth-order valence-electron chi connectivity index (χ4n) is 4.39. The van der Waals surface area contributed by atoms with Crippen LogP contribution < -0.4 is 5.32 Å². The highest BCUT2D eigenvalue weighted by Gasteiger charge is 2.33. The minimum atomic E-state index is -0.142. The van der Waals surface area contributed by atoms with Gasteiger partial charge in [0.05, 0.1) is 5.60 Å². The SMILES string of the molecule is CCC(c1ccccc1)N1CCN(C(=NC)NCC2(OC)CCOCC2)CC1. The Hall–Kier alpha value is -1.63. The van der Waals surface area contributed by atoms with Crippen LogP contribution in [0.3, 0.4) is 0 Å². The molecule has 6 heteroatoms. The summed E-state index contributed by atoms with van der Waals surface area (Å²) in [5.74, 6) is 0.982. The summed E-state index contributed by atoms with van der Waals surface area (Å²) >= 11 is 0. The molecule has 1 aromatic rings. The fourth-order valence-corrected chi connectivity index (χ4v) is 4.39. The molecule has 2 aliphatic heterocycles. The minimum absolute atomic E-state index is 0.142. The number of piperazine rings is 1. The normalized spacial score (nSPS) is 22.1. The van der Waals surface area contributed by atoms with Crippen molar-refractivity contribution in [3.05, 3.63) is 35.9 Å². The lowest BCUT2D eigenvalue weighted by molar-refractivity contribution is -0.0858. The molecule has 1 atom stereocenters. The van der Waals surface area contributed by atoms with Crippen molar-refractivity contribution in [2.24, 2.45) is 4.99 Å². The summed E-state index contributed by atoms with van der Waals surface area (Å²) in [6.45, 7) is 8.69. The lowest BCUT2D eigenvalue weighted by Gasteiger charge is -2.41. The average Bonchev–Trinajstić information content (AvgIpc) is 2.77. The van der Waals surface area contributed by atoms with E-state index in [-0.39, 0.29) is 5.60 Å². The number of methoxy groups -OCH3 is 1. The maximum absolute atomic E-state index is 5.85. The molecule has 0 saturated carbocycles. The lowest BCUT2D eigenvalue weighted by atomic mass is 9.94. The predicted octanol–water partition coefficient (Wildman–Crippen LogP) is 2.53. The standard InChI is InChI=1S/C22H36N4O2/c1-4-20(19-8-6-5-7-9-19)25-12-14-26(15-13-25)21(23-2)24-18-22(27-3)10-16-28-17-11-22/h5-9,20H,4,10-18H2,1-3H3,(H,23,24). The quantitative estimate of drug-likeness (QED) is 0.599. The Kier molecular flexibility index (Phi) is 7.71. The second kappa shape index (κ2) is 10.2. The van der Waals surface area contributed by atoms with Gasteiger partial charge in [-0.2, -0.15) is 0 Å². The third kappa shape index (κ3) is 5.04. The third-order valence-corrected chi connectivity index (χ3v) is 6.24. The van der Waals surface area contributed by atoms with E-state index in [0.717, 1.165) is 71.2 Å². The van der Waals surface area contributed by atoms with E-state index in [4.69, 9.17) is 9.47 Å². The Morgan fingerprint density at radius 2 is 1.86 bits per heavy atom. The number of aliphatic imine (C=N–C) groups is 1. The van der Waals surface area contributed by atoms with Gasteiger partial charge < -0.3 is 19.7 Å². The van der Waals surface area contributed by atoms with Gasteiger partial charge in [-0.05, 0) is 12.0 Å². The van der Waals surface area contributed by atoms with E-state index in [1.54, 1.807) is 0 Å². The maximum Gasteiger partial charge on any atom is 0.193 e. The molecule has 0 bridgehead atoms. The van der Waals surface area contributed by atoms with Gasteiger partial charge in [0.25, 0.3) is 0 Å². The number of rotatable bonds is 6. The molecule has 1 aromatic carbocycles. The summed E-state index contributed by atoms with van der Waals surface area (Å²) in [5, 5.41) is 3.57. The highest BCUT2D eigenvalue weighted by Crippen LogP contribution is 2.26. The summed E-state index contributed by atoms with van der Waals surface area (Å²) in [7, 11) is 3.68. The number of guanidine groups is 1. The Morgan fingerprint density at radius 3 is 2.43 bits per heavy atom. The van der Waals surface area contributed by atoms with Gasteiger partial charge in [0, 0.05) is 79.0 Å². The molecular weight excluding hydrogens is 352 g/mol. The van der Waals surface area contributed by atoms with E-state index in [1.165, 1.54) is 5.56 Å².